The van der Waals surface area contributed by atoms with Gasteiger partial charge in [0.1, 0.15) is 0 Å². The summed E-state index contributed by atoms with van der Waals surface area (Å²) in [4.78, 5) is 18.6. The second-order valence-corrected chi connectivity index (χ2v) is 9.47. The maximum absolute atomic E-state index is 12.6. The predicted octanol–water partition coefficient (Wildman–Crippen LogP) is 3.75. The molecule has 0 aliphatic heterocycles. The summed E-state index contributed by atoms with van der Waals surface area (Å²) in [6.07, 6.45) is 1.78. The third kappa shape index (κ3) is 5.17. The lowest BCUT2D eigenvalue weighted by molar-refractivity contribution is -0.118. The molecule has 0 aliphatic carbocycles. The SMILES string of the molecule is CCCN(C(=O)CN(C)S(C)(=O)=O)c1nc(-c2ccc(Cl)cc2Cl)cs1. The van der Waals surface area contributed by atoms with Crippen LogP contribution >= 0.6 is 34.5 Å². The second kappa shape index (κ2) is 8.67. The van der Waals surface area contributed by atoms with Crippen molar-refractivity contribution in [2.24, 2.45) is 0 Å². The third-order valence-electron chi connectivity index (χ3n) is 3.60. The van der Waals surface area contributed by atoms with E-state index in [1.807, 2.05) is 6.92 Å². The fourth-order valence-corrected chi connectivity index (χ4v) is 3.87. The van der Waals surface area contributed by atoms with Crippen LogP contribution in [0.4, 0.5) is 5.13 Å². The van der Waals surface area contributed by atoms with Gasteiger partial charge in [0.25, 0.3) is 0 Å². The minimum Gasteiger partial charge on any atom is -0.287 e. The lowest BCUT2D eigenvalue weighted by Gasteiger charge is -2.22. The maximum atomic E-state index is 12.6. The molecule has 0 spiro atoms. The number of benzene rings is 1. The second-order valence-electron chi connectivity index (χ2n) is 5.70. The highest BCUT2D eigenvalue weighted by Gasteiger charge is 2.23. The molecule has 142 valence electrons. The van der Waals surface area contributed by atoms with Gasteiger partial charge in [-0.2, -0.15) is 4.31 Å². The van der Waals surface area contributed by atoms with Crippen molar-refractivity contribution in [1.29, 1.82) is 0 Å². The van der Waals surface area contributed by atoms with Crippen LogP contribution in [0.25, 0.3) is 11.3 Å². The molecule has 0 N–H and O–H groups in total. The molecule has 0 bridgehead atoms. The summed E-state index contributed by atoms with van der Waals surface area (Å²) in [7, 11) is -2.06. The minimum absolute atomic E-state index is 0.241. The zero-order valence-corrected chi connectivity index (χ0v) is 17.7. The fraction of sp³-hybridized carbons (Fsp3) is 0.375. The highest BCUT2D eigenvalue weighted by Crippen LogP contribution is 2.33. The van der Waals surface area contributed by atoms with Crippen molar-refractivity contribution >= 4 is 55.6 Å². The first-order valence-corrected chi connectivity index (χ1v) is 11.2. The number of amides is 1. The molecule has 0 radical (unpaired) electrons. The Bertz CT molecular complexity index is 900. The van der Waals surface area contributed by atoms with Gasteiger partial charge in [0, 0.05) is 29.6 Å². The van der Waals surface area contributed by atoms with E-state index in [1.165, 1.54) is 23.3 Å². The largest absolute Gasteiger partial charge is 0.287 e. The molecular formula is C16H19Cl2N3O3S2. The van der Waals surface area contributed by atoms with Crippen LogP contribution in [0.15, 0.2) is 23.6 Å². The van der Waals surface area contributed by atoms with Gasteiger partial charge in [-0.25, -0.2) is 13.4 Å². The quantitative estimate of drug-likeness (QED) is 0.663. The minimum atomic E-state index is -3.44. The smallest absolute Gasteiger partial charge is 0.244 e. The van der Waals surface area contributed by atoms with E-state index in [1.54, 1.807) is 23.6 Å². The molecule has 0 saturated heterocycles. The van der Waals surface area contributed by atoms with Crippen LogP contribution in [0.1, 0.15) is 13.3 Å². The van der Waals surface area contributed by atoms with Crippen LogP contribution in [0.5, 0.6) is 0 Å². The van der Waals surface area contributed by atoms with Gasteiger partial charge in [0.2, 0.25) is 15.9 Å². The molecule has 0 fully saturated rings. The van der Waals surface area contributed by atoms with Crippen molar-refractivity contribution < 1.29 is 13.2 Å². The van der Waals surface area contributed by atoms with Crippen molar-refractivity contribution in [1.82, 2.24) is 9.29 Å². The maximum Gasteiger partial charge on any atom is 0.244 e. The van der Waals surface area contributed by atoms with Gasteiger partial charge in [-0.05, 0) is 24.6 Å². The van der Waals surface area contributed by atoms with Gasteiger partial charge in [-0.15, -0.1) is 11.3 Å². The number of carbonyl (C=O) groups is 1. The van der Waals surface area contributed by atoms with Crippen molar-refractivity contribution in [2.45, 2.75) is 13.3 Å². The Labute approximate surface area is 167 Å². The molecule has 0 aliphatic rings. The molecular weight excluding hydrogens is 417 g/mol. The van der Waals surface area contributed by atoms with E-state index in [9.17, 15) is 13.2 Å². The number of thiazole rings is 1. The normalized spacial score (nSPS) is 11.8. The van der Waals surface area contributed by atoms with E-state index in [2.05, 4.69) is 4.98 Å². The number of rotatable bonds is 7. The number of likely N-dealkylation sites (N-methyl/N-ethyl adjacent to an activating group) is 1. The average molecular weight is 436 g/mol. The molecule has 1 heterocycles. The molecule has 0 atom stereocenters. The summed E-state index contributed by atoms with van der Waals surface area (Å²) < 4.78 is 24.1. The highest BCUT2D eigenvalue weighted by atomic mass is 35.5. The summed E-state index contributed by atoms with van der Waals surface area (Å²) in [6.45, 7) is 2.14. The van der Waals surface area contributed by atoms with Crippen LogP contribution in [0, 0.1) is 0 Å². The van der Waals surface area contributed by atoms with E-state index in [-0.39, 0.29) is 12.5 Å². The number of aromatic nitrogens is 1. The Hall–Kier alpha value is -1.19. The number of hydrogen-bond donors (Lipinski definition) is 0. The van der Waals surface area contributed by atoms with Crippen LogP contribution in [-0.2, 0) is 14.8 Å². The Morgan fingerprint density at radius 1 is 1.31 bits per heavy atom. The molecule has 0 unspecified atom stereocenters. The standard InChI is InChI=1S/C16H19Cl2N3O3S2/c1-4-7-21(15(22)9-20(2)26(3,23)24)16-19-14(10-25-16)12-6-5-11(17)8-13(12)18/h5-6,8,10H,4,7,9H2,1-3H3. The van der Waals surface area contributed by atoms with E-state index < -0.39 is 10.0 Å². The first-order valence-electron chi connectivity index (χ1n) is 7.76. The van der Waals surface area contributed by atoms with Gasteiger partial charge in [-0.3, -0.25) is 9.69 Å². The molecule has 10 heteroatoms. The fourth-order valence-electron chi connectivity index (χ4n) is 2.15. The lowest BCUT2D eigenvalue weighted by atomic mass is 10.2. The van der Waals surface area contributed by atoms with E-state index in [4.69, 9.17) is 23.2 Å². The zero-order chi connectivity index (χ0) is 19.5. The number of anilines is 1. The van der Waals surface area contributed by atoms with Crippen molar-refractivity contribution in [2.75, 3.05) is 31.3 Å². The number of halogens is 2. The molecule has 1 aromatic carbocycles. The van der Waals surface area contributed by atoms with Crippen molar-refractivity contribution in [3.05, 3.63) is 33.6 Å². The van der Waals surface area contributed by atoms with Crippen molar-refractivity contribution in [3.63, 3.8) is 0 Å². The van der Waals surface area contributed by atoms with Crippen molar-refractivity contribution in [3.8, 4) is 11.3 Å². The summed E-state index contributed by atoms with van der Waals surface area (Å²) in [5.74, 6) is -0.331. The summed E-state index contributed by atoms with van der Waals surface area (Å²) in [5, 5.41) is 3.31. The van der Waals surface area contributed by atoms with E-state index >= 15 is 0 Å². The predicted molar refractivity (Wildman–Crippen MR) is 108 cm³/mol. The zero-order valence-electron chi connectivity index (χ0n) is 14.6. The highest BCUT2D eigenvalue weighted by molar-refractivity contribution is 7.88. The molecule has 2 aromatic rings. The monoisotopic (exact) mass is 435 g/mol. The topological polar surface area (TPSA) is 70.6 Å². The van der Waals surface area contributed by atoms with Gasteiger partial charge in [-0.1, -0.05) is 30.1 Å². The molecule has 26 heavy (non-hydrogen) atoms. The molecule has 1 aromatic heterocycles. The lowest BCUT2D eigenvalue weighted by Crippen LogP contribution is -2.41. The number of carbonyl (C=O) groups excluding carboxylic acids is 1. The van der Waals surface area contributed by atoms with Crippen LogP contribution in [0.2, 0.25) is 10.0 Å². The van der Waals surface area contributed by atoms with Gasteiger partial charge in [0.05, 0.1) is 23.5 Å². The van der Waals surface area contributed by atoms with E-state index in [0.29, 0.717) is 33.8 Å². The van der Waals surface area contributed by atoms with Gasteiger partial charge in [0.15, 0.2) is 5.13 Å². The van der Waals surface area contributed by atoms with Crippen LogP contribution < -0.4 is 4.90 Å². The molecule has 1 amide bonds. The Balaban J connectivity index is 2.28. The van der Waals surface area contributed by atoms with E-state index in [0.717, 1.165) is 16.1 Å². The summed E-state index contributed by atoms with van der Waals surface area (Å²) >= 11 is 13.4. The first kappa shape index (κ1) is 21.1. The molecule has 6 nitrogen and oxygen atoms in total. The third-order valence-corrected chi connectivity index (χ3v) is 6.28. The Morgan fingerprint density at radius 3 is 2.58 bits per heavy atom. The first-order chi connectivity index (χ1) is 12.1. The molecule has 0 saturated carbocycles. The Morgan fingerprint density at radius 2 is 2.00 bits per heavy atom. The molecule has 2 rings (SSSR count). The average Bonchev–Trinajstić information content (AvgIpc) is 3.00. The summed E-state index contributed by atoms with van der Waals surface area (Å²) in [6, 6.07) is 5.12. The van der Waals surface area contributed by atoms with Crippen LogP contribution in [0.3, 0.4) is 0 Å². The van der Waals surface area contributed by atoms with Gasteiger partial charge < -0.3 is 0 Å². The number of nitrogens with zero attached hydrogens (tertiary/aromatic N) is 3. The number of hydrogen-bond acceptors (Lipinski definition) is 5. The summed E-state index contributed by atoms with van der Waals surface area (Å²) in [5.41, 5.74) is 1.35. The number of sulfonamides is 1. The Kier molecular flexibility index (Phi) is 7.04. The van der Waals surface area contributed by atoms with Crippen LogP contribution in [-0.4, -0.2) is 50.0 Å². The van der Waals surface area contributed by atoms with Gasteiger partial charge >= 0.3 is 0 Å².